The summed E-state index contributed by atoms with van der Waals surface area (Å²) in [6.07, 6.45) is 4.13. The van der Waals surface area contributed by atoms with Gasteiger partial charge in [0.15, 0.2) is 0 Å². The molecular weight excluding hydrogens is 226 g/mol. The highest BCUT2D eigenvalue weighted by Gasteiger charge is 2.27. The molecule has 1 aliphatic heterocycles. The smallest absolute Gasteiger partial charge is 0.140 e. The van der Waals surface area contributed by atoms with E-state index in [1.54, 1.807) is 6.33 Å². The molecule has 1 saturated heterocycles. The zero-order valence-electron chi connectivity index (χ0n) is 11.8. The summed E-state index contributed by atoms with van der Waals surface area (Å²) in [6, 6.07) is 0.676. The molecule has 2 unspecified atom stereocenters. The van der Waals surface area contributed by atoms with Gasteiger partial charge in [0.05, 0.1) is 6.54 Å². The van der Waals surface area contributed by atoms with Crippen molar-refractivity contribution in [3.05, 3.63) is 12.2 Å². The van der Waals surface area contributed by atoms with Crippen molar-refractivity contribution in [2.45, 2.75) is 45.8 Å². The zero-order valence-corrected chi connectivity index (χ0v) is 11.8. The van der Waals surface area contributed by atoms with Crippen molar-refractivity contribution in [2.75, 3.05) is 20.1 Å². The van der Waals surface area contributed by atoms with Crippen LogP contribution >= 0.6 is 0 Å². The lowest BCUT2D eigenvalue weighted by Crippen LogP contribution is -2.48. The fourth-order valence-corrected chi connectivity index (χ4v) is 2.92. The second-order valence-electron chi connectivity index (χ2n) is 5.08. The Morgan fingerprint density at radius 2 is 2.28 bits per heavy atom. The predicted molar refractivity (Wildman–Crippen MR) is 72.2 cm³/mol. The predicted octanol–water partition coefficient (Wildman–Crippen LogP) is 1.12. The van der Waals surface area contributed by atoms with E-state index in [1.807, 2.05) is 4.68 Å². The van der Waals surface area contributed by atoms with E-state index in [4.69, 9.17) is 0 Å². The van der Waals surface area contributed by atoms with Crippen LogP contribution in [-0.2, 0) is 13.1 Å². The van der Waals surface area contributed by atoms with Crippen LogP contribution in [0.1, 0.15) is 32.5 Å². The van der Waals surface area contributed by atoms with Crippen LogP contribution in [0.25, 0.3) is 0 Å². The van der Waals surface area contributed by atoms with E-state index in [-0.39, 0.29) is 0 Å². The number of aryl methyl sites for hydroxylation is 1. The number of piperidine rings is 1. The topological polar surface area (TPSA) is 46.0 Å². The van der Waals surface area contributed by atoms with Crippen molar-refractivity contribution in [1.82, 2.24) is 25.0 Å². The van der Waals surface area contributed by atoms with Gasteiger partial charge in [0.25, 0.3) is 0 Å². The second kappa shape index (κ2) is 6.29. The van der Waals surface area contributed by atoms with E-state index in [0.717, 1.165) is 31.4 Å². The third kappa shape index (κ3) is 2.90. The molecule has 2 rings (SSSR count). The first kappa shape index (κ1) is 13.5. The Morgan fingerprint density at radius 3 is 2.94 bits per heavy atom. The minimum Gasteiger partial charge on any atom is -0.317 e. The summed E-state index contributed by atoms with van der Waals surface area (Å²) >= 11 is 0. The van der Waals surface area contributed by atoms with Crippen LogP contribution < -0.4 is 5.32 Å². The van der Waals surface area contributed by atoms with Crippen molar-refractivity contribution < 1.29 is 0 Å². The molecule has 1 aromatic heterocycles. The van der Waals surface area contributed by atoms with Gasteiger partial charge in [0.2, 0.25) is 0 Å². The molecule has 1 N–H and O–H groups in total. The third-order valence-corrected chi connectivity index (χ3v) is 4.07. The minimum atomic E-state index is 0.676. The fraction of sp³-hybridized carbons (Fsp3) is 0.846. The summed E-state index contributed by atoms with van der Waals surface area (Å²) in [5.41, 5.74) is 0. The molecule has 2 heterocycles. The number of likely N-dealkylation sites (tertiary alicyclic amines) is 1. The molecule has 0 radical (unpaired) electrons. The highest BCUT2D eigenvalue weighted by Crippen LogP contribution is 2.21. The van der Waals surface area contributed by atoms with Gasteiger partial charge in [-0.25, -0.2) is 9.67 Å². The SMILES string of the molecule is CCC1CN(Cc2ncnn2CC)CCC1NC. The molecule has 2 atom stereocenters. The molecular formula is C13H25N5. The first-order valence-corrected chi connectivity index (χ1v) is 7.04. The maximum Gasteiger partial charge on any atom is 0.140 e. The Labute approximate surface area is 110 Å². The summed E-state index contributed by atoms with van der Waals surface area (Å²) in [5, 5.41) is 7.68. The summed E-state index contributed by atoms with van der Waals surface area (Å²) in [4.78, 5) is 6.88. The fourth-order valence-electron chi connectivity index (χ4n) is 2.92. The maximum atomic E-state index is 4.37. The van der Waals surface area contributed by atoms with Crippen LogP contribution in [0, 0.1) is 5.92 Å². The lowest BCUT2D eigenvalue weighted by Gasteiger charge is -2.37. The van der Waals surface area contributed by atoms with E-state index in [1.165, 1.54) is 19.4 Å². The highest BCUT2D eigenvalue weighted by molar-refractivity contribution is 4.89. The van der Waals surface area contributed by atoms with Crippen LogP contribution in [0.2, 0.25) is 0 Å². The molecule has 0 saturated carbocycles. The average Bonchev–Trinajstić information content (AvgIpc) is 2.85. The lowest BCUT2D eigenvalue weighted by molar-refractivity contribution is 0.128. The molecule has 102 valence electrons. The molecule has 0 bridgehead atoms. The van der Waals surface area contributed by atoms with Crippen molar-refractivity contribution in [3.8, 4) is 0 Å². The molecule has 1 fully saturated rings. The molecule has 0 amide bonds. The Kier molecular flexibility index (Phi) is 4.72. The van der Waals surface area contributed by atoms with Crippen molar-refractivity contribution in [3.63, 3.8) is 0 Å². The molecule has 5 heteroatoms. The van der Waals surface area contributed by atoms with E-state index < -0.39 is 0 Å². The van der Waals surface area contributed by atoms with E-state index in [0.29, 0.717) is 6.04 Å². The Balaban J connectivity index is 1.95. The van der Waals surface area contributed by atoms with Crippen LogP contribution in [0.15, 0.2) is 6.33 Å². The van der Waals surface area contributed by atoms with Gasteiger partial charge < -0.3 is 5.32 Å². The second-order valence-corrected chi connectivity index (χ2v) is 5.08. The summed E-state index contributed by atoms with van der Waals surface area (Å²) in [7, 11) is 2.08. The minimum absolute atomic E-state index is 0.676. The molecule has 1 aliphatic rings. The van der Waals surface area contributed by atoms with Gasteiger partial charge in [-0.05, 0) is 26.3 Å². The molecule has 18 heavy (non-hydrogen) atoms. The molecule has 0 spiro atoms. The van der Waals surface area contributed by atoms with Crippen LogP contribution in [0.3, 0.4) is 0 Å². The Bertz CT molecular complexity index is 362. The number of hydrogen-bond donors (Lipinski definition) is 1. The number of nitrogens with one attached hydrogen (secondary N) is 1. The van der Waals surface area contributed by atoms with Gasteiger partial charge >= 0.3 is 0 Å². The van der Waals surface area contributed by atoms with Crippen LogP contribution in [0.4, 0.5) is 0 Å². The highest BCUT2D eigenvalue weighted by atomic mass is 15.3. The first-order valence-electron chi connectivity index (χ1n) is 7.04. The van der Waals surface area contributed by atoms with Gasteiger partial charge in [-0.1, -0.05) is 13.3 Å². The van der Waals surface area contributed by atoms with E-state index in [9.17, 15) is 0 Å². The average molecular weight is 251 g/mol. The quantitative estimate of drug-likeness (QED) is 0.852. The molecule has 1 aromatic rings. The number of hydrogen-bond acceptors (Lipinski definition) is 4. The Morgan fingerprint density at radius 1 is 1.44 bits per heavy atom. The Hall–Kier alpha value is -0.940. The van der Waals surface area contributed by atoms with E-state index in [2.05, 4.69) is 41.2 Å². The van der Waals surface area contributed by atoms with Crippen LogP contribution in [-0.4, -0.2) is 45.8 Å². The van der Waals surface area contributed by atoms with Gasteiger partial charge in [-0.3, -0.25) is 4.90 Å². The summed E-state index contributed by atoms with van der Waals surface area (Å²) < 4.78 is 1.99. The third-order valence-electron chi connectivity index (χ3n) is 4.07. The largest absolute Gasteiger partial charge is 0.317 e. The van der Waals surface area contributed by atoms with Gasteiger partial charge in [-0.2, -0.15) is 5.10 Å². The standard InChI is InChI=1S/C13H25N5/c1-4-11-8-17(7-6-12(11)14-3)9-13-15-10-16-18(13)5-2/h10-12,14H,4-9H2,1-3H3. The molecule has 0 aliphatic carbocycles. The van der Waals surface area contributed by atoms with E-state index >= 15 is 0 Å². The first-order chi connectivity index (χ1) is 8.78. The van der Waals surface area contributed by atoms with Crippen molar-refractivity contribution in [2.24, 2.45) is 5.92 Å². The van der Waals surface area contributed by atoms with Crippen LogP contribution in [0.5, 0.6) is 0 Å². The van der Waals surface area contributed by atoms with Gasteiger partial charge in [0, 0.05) is 25.7 Å². The molecule has 0 aromatic carbocycles. The number of nitrogens with zero attached hydrogens (tertiary/aromatic N) is 4. The normalized spacial score (nSPS) is 25.5. The van der Waals surface area contributed by atoms with Crippen molar-refractivity contribution >= 4 is 0 Å². The van der Waals surface area contributed by atoms with Gasteiger partial charge in [-0.15, -0.1) is 0 Å². The number of rotatable bonds is 5. The summed E-state index contributed by atoms with van der Waals surface area (Å²) in [5.74, 6) is 1.84. The van der Waals surface area contributed by atoms with Crippen molar-refractivity contribution in [1.29, 1.82) is 0 Å². The maximum absolute atomic E-state index is 4.37. The van der Waals surface area contributed by atoms with Gasteiger partial charge in [0.1, 0.15) is 12.2 Å². The summed E-state index contributed by atoms with van der Waals surface area (Å²) in [6.45, 7) is 8.55. The monoisotopic (exact) mass is 251 g/mol. The number of aromatic nitrogens is 3. The molecule has 5 nitrogen and oxygen atoms in total. The lowest BCUT2D eigenvalue weighted by atomic mass is 9.90. The zero-order chi connectivity index (χ0) is 13.0.